The highest BCUT2D eigenvalue weighted by Gasteiger charge is 2.25. The summed E-state index contributed by atoms with van der Waals surface area (Å²) in [5.41, 5.74) is 8.00. The highest BCUT2D eigenvalue weighted by Crippen LogP contribution is 2.24. The minimum atomic E-state index is -0.657. The predicted octanol–water partition coefficient (Wildman–Crippen LogP) is 3.65. The second-order valence-electron chi connectivity index (χ2n) is 8.73. The molecule has 0 bridgehead atoms. The molecule has 1 aromatic carbocycles. The van der Waals surface area contributed by atoms with Crippen molar-refractivity contribution < 1.29 is 4.79 Å². The smallest absolute Gasteiger partial charge is 0.330 e. The summed E-state index contributed by atoms with van der Waals surface area (Å²) in [5.74, 6) is -0.280. The Labute approximate surface area is 208 Å². The number of hydrogen-bond donors (Lipinski definition) is 2. The SMILES string of the molecule is CCc1nc(CC(=O)N(CCC2=CCCCC2)c2c(N)n(Cc3ccccc3)c(=O)[nH]c2=O)cs1. The molecular weight excluding hydrogens is 462 g/mol. The zero-order valence-corrected chi connectivity index (χ0v) is 20.8. The van der Waals surface area contributed by atoms with Crippen LogP contribution in [0.1, 0.15) is 55.3 Å². The van der Waals surface area contributed by atoms with Gasteiger partial charge in [0.1, 0.15) is 5.82 Å². The first-order chi connectivity index (χ1) is 17.0. The lowest BCUT2D eigenvalue weighted by atomic mass is 9.97. The van der Waals surface area contributed by atoms with E-state index in [9.17, 15) is 14.4 Å². The third-order valence-corrected chi connectivity index (χ3v) is 7.29. The van der Waals surface area contributed by atoms with Crippen LogP contribution < -0.4 is 21.9 Å². The van der Waals surface area contributed by atoms with Crippen molar-refractivity contribution in [1.82, 2.24) is 14.5 Å². The van der Waals surface area contributed by atoms with Crippen molar-refractivity contribution in [1.29, 1.82) is 0 Å². The summed E-state index contributed by atoms with van der Waals surface area (Å²) in [6, 6.07) is 9.38. The molecule has 0 atom stereocenters. The summed E-state index contributed by atoms with van der Waals surface area (Å²) in [6.45, 7) is 2.52. The molecule has 2 heterocycles. The Morgan fingerprint density at radius 3 is 2.71 bits per heavy atom. The first-order valence-electron chi connectivity index (χ1n) is 12.0. The number of carbonyl (C=O) groups excluding carboxylic acids is 1. The first kappa shape index (κ1) is 24.7. The molecular formula is C26H31N5O3S. The number of amides is 1. The molecule has 4 rings (SSSR count). The number of thiazole rings is 1. The number of aromatic amines is 1. The van der Waals surface area contributed by atoms with Crippen LogP contribution in [0.3, 0.4) is 0 Å². The topological polar surface area (TPSA) is 114 Å². The van der Waals surface area contributed by atoms with Crippen LogP contribution in [0.15, 0.2) is 57.0 Å². The van der Waals surface area contributed by atoms with E-state index in [2.05, 4.69) is 16.0 Å². The molecule has 0 spiro atoms. The van der Waals surface area contributed by atoms with E-state index >= 15 is 0 Å². The lowest BCUT2D eigenvalue weighted by Crippen LogP contribution is -2.42. The van der Waals surface area contributed by atoms with Gasteiger partial charge in [0.15, 0.2) is 5.69 Å². The van der Waals surface area contributed by atoms with Gasteiger partial charge in [0, 0.05) is 11.9 Å². The maximum Gasteiger partial charge on any atom is 0.330 e. The summed E-state index contributed by atoms with van der Waals surface area (Å²) < 4.78 is 1.31. The third-order valence-electron chi connectivity index (χ3n) is 6.24. The van der Waals surface area contributed by atoms with Gasteiger partial charge in [0.25, 0.3) is 5.56 Å². The Morgan fingerprint density at radius 1 is 1.23 bits per heavy atom. The molecule has 3 N–H and O–H groups in total. The van der Waals surface area contributed by atoms with Gasteiger partial charge in [-0.1, -0.05) is 48.9 Å². The summed E-state index contributed by atoms with van der Waals surface area (Å²) in [7, 11) is 0. The van der Waals surface area contributed by atoms with Crippen molar-refractivity contribution in [2.75, 3.05) is 17.2 Å². The molecule has 3 aromatic rings. The number of anilines is 2. The van der Waals surface area contributed by atoms with Gasteiger partial charge in [-0.3, -0.25) is 19.1 Å². The molecule has 0 radical (unpaired) electrons. The number of carbonyl (C=O) groups is 1. The van der Waals surface area contributed by atoms with Gasteiger partial charge in [0.05, 0.1) is 23.7 Å². The van der Waals surface area contributed by atoms with Crippen molar-refractivity contribution in [3.05, 3.63) is 84.5 Å². The van der Waals surface area contributed by atoms with Gasteiger partial charge in [-0.15, -0.1) is 11.3 Å². The van der Waals surface area contributed by atoms with Crippen LogP contribution in [0, 0.1) is 0 Å². The highest BCUT2D eigenvalue weighted by molar-refractivity contribution is 7.09. The number of nitrogen functional groups attached to an aromatic ring is 1. The van der Waals surface area contributed by atoms with E-state index in [0.717, 1.165) is 36.3 Å². The lowest BCUT2D eigenvalue weighted by Gasteiger charge is -2.25. The minimum absolute atomic E-state index is 0.0129. The van der Waals surface area contributed by atoms with E-state index < -0.39 is 11.2 Å². The van der Waals surface area contributed by atoms with Gasteiger partial charge in [0.2, 0.25) is 5.91 Å². The molecule has 0 fully saturated rings. The number of nitrogens with one attached hydrogen (secondary N) is 1. The van der Waals surface area contributed by atoms with Crippen molar-refractivity contribution in [3.8, 4) is 0 Å². The molecule has 0 saturated heterocycles. The summed E-state index contributed by atoms with van der Waals surface area (Å²) in [6.07, 6.45) is 8.07. The van der Waals surface area contributed by atoms with Crippen molar-refractivity contribution >= 4 is 28.7 Å². The number of aromatic nitrogens is 3. The summed E-state index contributed by atoms with van der Waals surface area (Å²) in [4.78, 5) is 47.5. The van der Waals surface area contributed by atoms with Crippen molar-refractivity contribution in [3.63, 3.8) is 0 Å². The van der Waals surface area contributed by atoms with E-state index in [1.165, 1.54) is 32.8 Å². The largest absolute Gasteiger partial charge is 0.383 e. The highest BCUT2D eigenvalue weighted by atomic mass is 32.1. The Bertz CT molecular complexity index is 1320. The van der Waals surface area contributed by atoms with Crippen LogP contribution in [0.2, 0.25) is 0 Å². The quantitative estimate of drug-likeness (QED) is 0.442. The number of nitrogens with two attached hydrogens (primary N) is 1. The van der Waals surface area contributed by atoms with Crippen molar-refractivity contribution in [2.45, 2.75) is 58.4 Å². The van der Waals surface area contributed by atoms with Gasteiger partial charge in [-0.05, 0) is 44.1 Å². The molecule has 184 valence electrons. The summed E-state index contributed by atoms with van der Waals surface area (Å²) >= 11 is 1.52. The zero-order chi connectivity index (χ0) is 24.8. The zero-order valence-electron chi connectivity index (χ0n) is 20.0. The maximum absolute atomic E-state index is 13.5. The maximum atomic E-state index is 13.5. The molecule has 9 heteroatoms. The Hall–Kier alpha value is -3.46. The predicted molar refractivity (Wildman–Crippen MR) is 140 cm³/mol. The average molecular weight is 494 g/mol. The van der Waals surface area contributed by atoms with E-state index in [1.54, 1.807) is 0 Å². The van der Waals surface area contributed by atoms with Crippen LogP contribution >= 0.6 is 11.3 Å². The molecule has 2 aromatic heterocycles. The van der Waals surface area contributed by atoms with Crippen molar-refractivity contribution in [2.24, 2.45) is 0 Å². The number of hydrogen-bond acceptors (Lipinski definition) is 6. The first-order valence-corrected chi connectivity index (χ1v) is 12.9. The van der Waals surface area contributed by atoms with Crippen LogP contribution in [-0.4, -0.2) is 27.0 Å². The Balaban J connectivity index is 1.69. The Kier molecular flexibility index (Phi) is 7.97. The average Bonchev–Trinajstić information content (AvgIpc) is 3.32. The number of rotatable bonds is 9. The third kappa shape index (κ3) is 5.97. The molecule has 0 aliphatic heterocycles. The summed E-state index contributed by atoms with van der Waals surface area (Å²) in [5, 5.41) is 2.84. The monoisotopic (exact) mass is 493 g/mol. The fourth-order valence-electron chi connectivity index (χ4n) is 4.35. The molecule has 8 nitrogen and oxygen atoms in total. The van der Waals surface area contributed by atoms with E-state index in [4.69, 9.17) is 5.73 Å². The van der Waals surface area contributed by atoms with Crippen LogP contribution in [0.25, 0.3) is 0 Å². The molecule has 1 amide bonds. The van der Waals surface area contributed by atoms with Gasteiger partial charge in [-0.2, -0.15) is 0 Å². The molecule has 35 heavy (non-hydrogen) atoms. The fourth-order valence-corrected chi connectivity index (χ4v) is 5.10. The van der Waals surface area contributed by atoms with E-state index in [1.807, 2.05) is 42.6 Å². The Morgan fingerprint density at radius 2 is 2.03 bits per heavy atom. The standard InChI is InChI=1S/C26H31N5O3S/c1-2-21-28-20(17-35-21)15-22(32)30(14-13-18-9-5-3-6-10-18)23-24(27)31(26(34)29-25(23)33)16-19-11-7-4-8-12-19/h4,7-9,11-12,17H,2-3,5-6,10,13-16,27H2,1H3,(H,29,33,34). The number of benzene rings is 1. The number of aryl methyl sites for hydroxylation is 1. The van der Waals surface area contributed by atoms with Crippen LogP contribution in [0.4, 0.5) is 11.5 Å². The number of allylic oxidation sites excluding steroid dienone is 1. The minimum Gasteiger partial charge on any atom is -0.383 e. The molecule has 0 unspecified atom stereocenters. The fraction of sp³-hybridized carbons (Fsp3) is 0.385. The number of H-pyrrole nitrogens is 1. The molecule has 0 saturated carbocycles. The second kappa shape index (κ2) is 11.3. The lowest BCUT2D eigenvalue weighted by molar-refractivity contribution is -0.118. The number of nitrogens with zero attached hydrogens (tertiary/aromatic N) is 3. The van der Waals surface area contributed by atoms with Crippen LogP contribution in [0.5, 0.6) is 0 Å². The molecule has 1 aliphatic carbocycles. The normalized spacial score (nSPS) is 13.5. The van der Waals surface area contributed by atoms with Gasteiger partial charge < -0.3 is 10.6 Å². The van der Waals surface area contributed by atoms with Gasteiger partial charge in [-0.25, -0.2) is 9.78 Å². The van der Waals surface area contributed by atoms with Gasteiger partial charge >= 0.3 is 5.69 Å². The van der Waals surface area contributed by atoms with E-state index in [0.29, 0.717) is 18.7 Å². The van der Waals surface area contributed by atoms with E-state index in [-0.39, 0.29) is 30.4 Å². The second-order valence-corrected chi connectivity index (χ2v) is 9.67. The van der Waals surface area contributed by atoms with Crippen LogP contribution in [-0.2, 0) is 24.2 Å². The molecule has 1 aliphatic rings.